The molecule has 1 aromatic rings. The third kappa shape index (κ3) is 3.40. The maximum atomic E-state index is 10.6. The van der Waals surface area contributed by atoms with Gasteiger partial charge in [0.2, 0.25) is 5.91 Å². The van der Waals surface area contributed by atoms with Crippen LogP contribution in [0.5, 0.6) is 5.75 Å². The molecular weight excluding hydrogens is 196 g/mol. The molecule has 5 heteroatoms. The SMILES string of the molecule is NC(=O)C(N)COc1cccc(C=O)c1. The first kappa shape index (κ1) is 11.2. The van der Waals surface area contributed by atoms with Crippen molar-refractivity contribution in [2.45, 2.75) is 6.04 Å². The fraction of sp³-hybridized carbons (Fsp3) is 0.200. The van der Waals surface area contributed by atoms with Crippen LogP contribution in [-0.2, 0) is 4.79 Å². The fourth-order valence-electron chi connectivity index (χ4n) is 0.946. The first-order valence-corrected chi connectivity index (χ1v) is 4.36. The first-order valence-electron chi connectivity index (χ1n) is 4.36. The molecule has 0 saturated carbocycles. The van der Waals surface area contributed by atoms with Gasteiger partial charge in [-0.05, 0) is 12.1 Å². The molecule has 1 atom stereocenters. The summed E-state index contributed by atoms with van der Waals surface area (Å²) in [4.78, 5) is 21.1. The van der Waals surface area contributed by atoms with Crippen LogP contribution >= 0.6 is 0 Å². The quantitative estimate of drug-likeness (QED) is 0.649. The van der Waals surface area contributed by atoms with Crippen LogP contribution in [0.3, 0.4) is 0 Å². The highest BCUT2D eigenvalue weighted by atomic mass is 16.5. The molecule has 4 N–H and O–H groups in total. The number of ether oxygens (including phenoxy) is 1. The van der Waals surface area contributed by atoms with Crippen LogP contribution in [0.15, 0.2) is 24.3 Å². The minimum absolute atomic E-state index is 0.00234. The standard InChI is InChI=1S/C10H12N2O3/c11-9(10(12)14)6-15-8-3-1-2-7(4-8)5-13/h1-5,9H,6,11H2,(H2,12,14). The highest BCUT2D eigenvalue weighted by Gasteiger charge is 2.09. The van der Waals surface area contributed by atoms with Gasteiger partial charge >= 0.3 is 0 Å². The molecule has 0 fully saturated rings. The number of carbonyl (C=O) groups excluding carboxylic acids is 2. The van der Waals surface area contributed by atoms with E-state index >= 15 is 0 Å². The predicted octanol–water partition coefficient (Wildman–Crippen LogP) is -0.309. The molecular formula is C10H12N2O3. The molecule has 80 valence electrons. The molecule has 0 bridgehead atoms. The largest absolute Gasteiger partial charge is 0.491 e. The summed E-state index contributed by atoms with van der Waals surface area (Å²) < 4.78 is 5.19. The van der Waals surface area contributed by atoms with Gasteiger partial charge in [0.1, 0.15) is 24.7 Å². The zero-order chi connectivity index (χ0) is 11.3. The summed E-state index contributed by atoms with van der Waals surface area (Å²) in [6.45, 7) is -0.00234. The van der Waals surface area contributed by atoms with Gasteiger partial charge in [0.05, 0.1) is 0 Å². The van der Waals surface area contributed by atoms with E-state index in [0.29, 0.717) is 17.6 Å². The number of primary amides is 1. The number of hydrogen-bond acceptors (Lipinski definition) is 4. The second kappa shape index (κ2) is 5.11. The Bertz CT molecular complexity index is 365. The van der Waals surface area contributed by atoms with Crippen LogP contribution in [0, 0.1) is 0 Å². The van der Waals surface area contributed by atoms with Crippen LogP contribution < -0.4 is 16.2 Å². The second-order valence-electron chi connectivity index (χ2n) is 3.01. The molecule has 15 heavy (non-hydrogen) atoms. The van der Waals surface area contributed by atoms with E-state index in [1.807, 2.05) is 0 Å². The van der Waals surface area contributed by atoms with Crippen molar-refractivity contribution in [2.75, 3.05) is 6.61 Å². The maximum Gasteiger partial charge on any atom is 0.237 e. The first-order chi connectivity index (χ1) is 7.13. The third-order valence-electron chi connectivity index (χ3n) is 1.79. The average Bonchev–Trinajstić information content (AvgIpc) is 2.26. The number of aldehydes is 1. The number of nitrogens with two attached hydrogens (primary N) is 2. The van der Waals surface area contributed by atoms with Gasteiger partial charge in [-0.15, -0.1) is 0 Å². The highest BCUT2D eigenvalue weighted by Crippen LogP contribution is 2.11. The fourth-order valence-corrected chi connectivity index (χ4v) is 0.946. The summed E-state index contributed by atoms with van der Waals surface area (Å²) >= 11 is 0. The Kier molecular flexibility index (Phi) is 3.82. The van der Waals surface area contributed by atoms with Crippen molar-refractivity contribution in [2.24, 2.45) is 11.5 Å². The van der Waals surface area contributed by atoms with E-state index in [1.54, 1.807) is 24.3 Å². The van der Waals surface area contributed by atoms with Crippen molar-refractivity contribution in [1.29, 1.82) is 0 Å². The van der Waals surface area contributed by atoms with E-state index in [2.05, 4.69) is 0 Å². The molecule has 0 aromatic heterocycles. The summed E-state index contributed by atoms with van der Waals surface area (Å²) in [6, 6.07) is 5.70. The lowest BCUT2D eigenvalue weighted by molar-refractivity contribution is -0.119. The second-order valence-corrected chi connectivity index (χ2v) is 3.01. The Morgan fingerprint density at radius 3 is 2.87 bits per heavy atom. The number of hydrogen-bond donors (Lipinski definition) is 2. The minimum Gasteiger partial charge on any atom is -0.491 e. The topological polar surface area (TPSA) is 95.4 Å². The van der Waals surface area contributed by atoms with E-state index in [9.17, 15) is 9.59 Å². The van der Waals surface area contributed by atoms with Crippen LogP contribution in [0.1, 0.15) is 10.4 Å². The molecule has 1 unspecified atom stereocenters. The van der Waals surface area contributed by atoms with Gasteiger partial charge in [-0.2, -0.15) is 0 Å². The van der Waals surface area contributed by atoms with E-state index in [1.165, 1.54) is 0 Å². The molecule has 5 nitrogen and oxygen atoms in total. The maximum absolute atomic E-state index is 10.6. The van der Waals surface area contributed by atoms with Gasteiger partial charge in [-0.1, -0.05) is 12.1 Å². The van der Waals surface area contributed by atoms with Crippen molar-refractivity contribution < 1.29 is 14.3 Å². The van der Waals surface area contributed by atoms with Crippen LogP contribution in [0.2, 0.25) is 0 Å². The molecule has 0 aliphatic heterocycles. The minimum atomic E-state index is -0.843. The van der Waals surface area contributed by atoms with Gasteiger partial charge in [-0.3, -0.25) is 9.59 Å². The Hall–Kier alpha value is -1.88. The van der Waals surface area contributed by atoms with Crippen molar-refractivity contribution in [1.82, 2.24) is 0 Å². The number of amides is 1. The van der Waals surface area contributed by atoms with E-state index in [4.69, 9.17) is 16.2 Å². The van der Waals surface area contributed by atoms with Crippen LogP contribution in [0.4, 0.5) is 0 Å². The van der Waals surface area contributed by atoms with E-state index < -0.39 is 11.9 Å². The Morgan fingerprint density at radius 2 is 2.27 bits per heavy atom. The Morgan fingerprint density at radius 1 is 1.53 bits per heavy atom. The molecule has 0 saturated heterocycles. The monoisotopic (exact) mass is 208 g/mol. The van der Waals surface area contributed by atoms with Gasteiger partial charge < -0.3 is 16.2 Å². The molecule has 0 radical (unpaired) electrons. The Balaban J connectivity index is 2.57. The lowest BCUT2D eigenvalue weighted by Gasteiger charge is -2.09. The molecule has 0 aliphatic rings. The van der Waals surface area contributed by atoms with Crippen molar-refractivity contribution >= 4 is 12.2 Å². The highest BCUT2D eigenvalue weighted by molar-refractivity contribution is 5.79. The molecule has 0 aliphatic carbocycles. The van der Waals surface area contributed by atoms with E-state index in [-0.39, 0.29) is 6.61 Å². The van der Waals surface area contributed by atoms with Crippen molar-refractivity contribution in [3.63, 3.8) is 0 Å². The zero-order valence-corrected chi connectivity index (χ0v) is 8.05. The molecule has 1 aromatic carbocycles. The van der Waals surface area contributed by atoms with Crippen molar-refractivity contribution in [3.8, 4) is 5.75 Å². The average molecular weight is 208 g/mol. The predicted molar refractivity (Wildman–Crippen MR) is 54.5 cm³/mol. The van der Waals surface area contributed by atoms with Gasteiger partial charge in [0, 0.05) is 5.56 Å². The molecule has 1 rings (SSSR count). The summed E-state index contributed by atoms with van der Waals surface area (Å²) in [6.07, 6.45) is 0.709. The van der Waals surface area contributed by atoms with Gasteiger partial charge in [0.25, 0.3) is 0 Å². The smallest absolute Gasteiger partial charge is 0.237 e. The number of benzene rings is 1. The summed E-state index contributed by atoms with van der Waals surface area (Å²) in [5, 5.41) is 0. The zero-order valence-electron chi connectivity index (χ0n) is 8.05. The van der Waals surface area contributed by atoms with Gasteiger partial charge in [0.15, 0.2) is 0 Å². The summed E-state index contributed by atoms with van der Waals surface area (Å²) in [7, 11) is 0. The number of rotatable bonds is 5. The van der Waals surface area contributed by atoms with E-state index in [0.717, 1.165) is 0 Å². The molecule has 1 amide bonds. The Labute approximate surface area is 87.0 Å². The normalized spacial score (nSPS) is 11.8. The van der Waals surface area contributed by atoms with Crippen LogP contribution in [0.25, 0.3) is 0 Å². The van der Waals surface area contributed by atoms with Gasteiger partial charge in [-0.25, -0.2) is 0 Å². The molecule has 0 spiro atoms. The summed E-state index contributed by atoms with van der Waals surface area (Å²) in [5.74, 6) is -0.141. The number of carbonyl (C=O) groups is 2. The summed E-state index contributed by atoms with van der Waals surface area (Å²) in [5.41, 5.74) is 10.8. The van der Waals surface area contributed by atoms with Crippen molar-refractivity contribution in [3.05, 3.63) is 29.8 Å². The van der Waals surface area contributed by atoms with Crippen LogP contribution in [-0.4, -0.2) is 24.8 Å². The third-order valence-corrected chi connectivity index (χ3v) is 1.79. The molecule has 0 heterocycles. The lowest BCUT2D eigenvalue weighted by Crippen LogP contribution is -2.41. The lowest BCUT2D eigenvalue weighted by atomic mass is 10.2.